The lowest BCUT2D eigenvalue weighted by Crippen LogP contribution is -2.19. The first-order chi connectivity index (χ1) is 8.70. The summed E-state index contributed by atoms with van der Waals surface area (Å²) in [4.78, 5) is 0. The van der Waals surface area contributed by atoms with Gasteiger partial charge in [-0.15, -0.1) is 0 Å². The summed E-state index contributed by atoms with van der Waals surface area (Å²) in [5, 5.41) is 3.43. The molecular formula is C15H22BrNO. The highest BCUT2D eigenvalue weighted by molar-refractivity contribution is 9.10. The normalized spacial score (nSPS) is 21.2. The predicted molar refractivity (Wildman–Crippen MR) is 78.9 cm³/mol. The van der Waals surface area contributed by atoms with Crippen LogP contribution in [0.4, 0.5) is 0 Å². The second-order valence-corrected chi connectivity index (χ2v) is 5.97. The molecule has 3 heteroatoms. The van der Waals surface area contributed by atoms with Gasteiger partial charge in [0, 0.05) is 17.1 Å². The van der Waals surface area contributed by atoms with E-state index in [1.807, 2.05) is 7.05 Å². The van der Waals surface area contributed by atoms with Gasteiger partial charge in [0.15, 0.2) is 0 Å². The van der Waals surface area contributed by atoms with Crippen molar-refractivity contribution in [2.75, 3.05) is 13.7 Å². The average molecular weight is 312 g/mol. The van der Waals surface area contributed by atoms with Gasteiger partial charge in [-0.05, 0) is 62.9 Å². The van der Waals surface area contributed by atoms with Crippen LogP contribution in [0, 0.1) is 6.92 Å². The van der Waals surface area contributed by atoms with Gasteiger partial charge in [0.1, 0.15) is 0 Å². The Morgan fingerprint density at radius 1 is 1.50 bits per heavy atom. The van der Waals surface area contributed by atoms with Crippen LogP contribution in [0.15, 0.2) is 22.7 Å². The Morgan fingerprint density at radius 3 is 3.00 bits per heavy atom. The van der Waals surface area contributed by atoms with E-state index in [0.29, 0.717) is 12.1 Å². The van der Waals surface area contributed by atoms with Gasteiger partial charge in [0.05, 0.1) is 6.10 Å². The molecule has 0 saturated carbocycles. The fraction of sp³-hybridized carbons (Fsp3) is 0.600. The molecule has 0 amide bonds. The van der Waals surface area contributed by atoms with Crippen LogP contribution in [0.5, 0.6) is 0 Å². The minimum atomic E-state index is 0.423. The van der Waals surface area contributed by atoms with Crippen LogP contribution in [0.25, 0.3) is 0 Å². The van der Waals surface area contributed by atoms with E-state index >= 15 is 0 Å². The zero-order valence-electron chi connectivity index (χ0n) is 11.2. The van der Waals surface area contributed by atoms with Gasteiger partial charge in [-0.3, -0.25) is 0 Å². The molecule has 0 bridgehead atoms. The Bertz CT molecular complexity index is 388. The molecule has 1 aromatic rings. The van der Waals surface area contributed by atoms with Crippen molar-refractivity contribution in [3.8, 4) is 0 Å². The maximum Gasteiger partial charge on any atom is 0.0576 e. The molecule has 1 saturated heterocycles. The summed E-state index contributed by atoms with van der Waals surface area (Å²) in [6.07, 6.45) is 5.22. The Hall–Kier alpha value is -0.380. The van der Waals surface area contributed by atoms with Gasteiger partial charge in [-0.1, -0.05) is 22.0 Å². The highest BCUT2D eigenvalue weighted by Crippen LogP contribution is 2.27. The van der Waals surface area contributed by atoms with Crippen molar-refractivity contribution in [1.29, 1.82) is 0 Å². The van der Waals surface area contributed by atoms with E-state index in [4.69, 9.17) is 4.74 Å². The van der Waals surface area contributed by atoms with Crippen LogP contribution in [0.1, 0.15) is 42.9 Å². The van der Waals surface area contributed by atoms with E-state index < -0.39 is 0 Å². The third-order valence-corrected chi connectivity index (χ3v) is 4.26. The molecule has 18 heavy (non-hydrogen) atoms. The minimum absolute atomic E-state index is 0.423. The van der Waals surface area contributed by atoms with E-state index in [1.54, 1.807) is 0 Å². The quantitative estimate of drug-likeness (QED) is 0.888. The number of halogens is 1. The second-order valence-electron chi connectivity index (χ2n) is 5.05. The SMILES string of the molecule is CNC(CCC1CCCO1)c1cc(Br)ccc1C. The summed E-state index contributed by atoms with van der Waals surface area (Å²) in [5.74, 6) is 0. The largest absolute Gasteiger partial charge is 0.378 e. The van der Waals surface area contributed by atoms with Gasteiger partial charge in [0.2, 0.25) is 0 Å². The van der Waals surface area contributed by atoms with Gasteiger partial charge in [-0.2, -0.15) is 0 Å². The third kappa shape index (κ3) is 3.56. The van der Waals surface area contributed by atoms with Crippen molar-refractivity contribution in [2.24, 2.45) is 0 Å². The van der Waals surface area contributed by atoms with Crippen LogP contribution < -0.4 is 5.32 Å². The zero-order chi connectivity index (χ0) is 13.0. The van der Waals surface area contributed by atoms with E-state index in [2.05, 4.69) is 46.4 Å². The molecule has 0 aromatic heterocycles. The fourth-order valence-corrected chi connectivity index (χ4v) is 3.05. The number of hydrogen-bond donors (Lipinski definition) is 1. The first-order valence-electron chi connectivity index (χ1n) is 6.75. The molecule has 1 fully saturated rings. The molecule has 0 spiro atoms. The Balaban J connectivity index is 2.00. The molecule has 2 atom stereocenters. The second kappa shape index (κ2) is 6.69. The number of nitrogens with one attached hydrogen (secondary N) is 1. The summed E-state index contributed by atoms with van der Waals surface area (Å²) in [6, 6.07) is 6.93. The smallest absolute Gasteiger partial charge is 0.0576 e. The molecule has 1 aromatic carbocycles. The number of hydrogen-bond acceptors (Lipinski definition) is 2. The molecule has 2 nitrogen and oxygen atoms in total. The molecule has 100 valence electrons. The van der Waals surface area contributed by atoms with Gasteiger partial charge < -0.3 is 10.1 Å². The summed E-state index contributed by atoms with van der Waals surface area (Å²) >= 11 is 3.56. The Kier molecular flexibility index (Phi) is 5.22. The molecule has 0 aliphatic carbocycles. The molecule has 2 unspecified atom stereocenters. The van der Waals surface area contributed by atoms with Crippen molar-refractivity contribution in [3.63, 3.8) is 0 Å². The highest BCUT2D eigenvalue weighted by Gasteiger charge is 2.19. The minimum Gasteiger partial charge on any atom is -0.378 e. The van der Waals surface area contributed by atoms with Crippen LogP contribution in [0.2, 0.25) is 0 Å². The lowest BCUT2D eigenvalue weighted by atomic mass is 9.96. The van der Waals surface area contributed by atoms with E-state index in [0.717, 1.165) is 23.9 Å². The predicted octanol–water partition coefficient (Wildman–Crippen LogP) is 3.98. The summed E-state index contributed by atoms with van der Waals surface area (Å²) in [7, 11) is 2.04. The maximum atomic E-state index is 5.70. The summed E-state index contributed by atoms with van der Waals surface area (Å²) in [6.45, 7) is 3.13. The first kappa shape index (κ1) is 14.0. The third-order valence-electron chi connectivity index (χ3n) is 3.77. The number of benzene rings is 1. The van der Waals surface area contributed by atoms with E-state index in [1.165, 1.54) is 24.0 Å². The number of rotatable bonds is 5. The Morgan fingerprint density at radius 2 is 2.33 bits per heavy atom. The maximum absolute atomic E-state index is 5.70. The van der Waals surface area contributed by atoms with Crippen molar-refractivity contribution < 1.29 is 4.74 Å². The van der Waals surface area contributed by atoms with Crippen molar-refractivity contribution in [1.82, 2.24) is 5.32 Å². The van der Waals surface area contributed by atoms with Gasteiger partial charge in [0.25, 0.3) is 0 Å². The van der Waals surface area contributed by atoms with Crippen LogP contribution in [-0.2, 0) is 4.74 Å². The molecule has 2 rings (SSSR count). The van der Waals surface area contributed by atoms with Crippen LogP contribution in [0.3, 0.4) is 0 Å². The van der Waals surface area contributed by atoms with Crippen molar-refractivity contribution in [2.45, 2.75) is 44.8 Å². The molecule has 0 radical (unpaired) electrons. The standard InChI is InChI=1S/C15H22BrNO/c1-11-5-6-12(16)10-14(11)15(17-2)8-7-13-4-3-9-18-13/h5-6,10,13,15,17H,3-4,7-9H2,1-2H3. The highest BCUT2D eigenvalue weighted by atomic mass is 79.9. The molecule has 1 aliphatic heterocycles. The lowest BCUT2D eigenvalue weighted by molar-refractivity contribution is 0.0998. The fourth-order valence-electron chi connectivity index (χ4n) is 2.67. The summed E-state index contributed by atoms with van der Waals surface area (Å²) < 4.78 is 6.85. The first-order valence-corrected chi connectivity index (χ1v) is 7.55. The van der Waals surface area contributed by atoms with Gasteiger partial charge in [-0.25, -0.2) is 0 Å². The van der Waals surface area contributed by atoms with Crippen LogP contribution in [-0.4, -0.2) is 19.8 Å². The average Bonchev–Trinajstić information content (AvgIpc) is 2.87. The number of ether oxygens (including phenoxy) is 1. The molecule has 1 aliphatic rings. The van der Waals surface area contributed by atoms with Crippen LogP contribution >= 0.6 is 15.9 Å². The van der Waals surface area contributed by atoms with Crippen molar-refractivity contribution in [3.05, 3.63) is 33.8 Å². The monoisotopic (exact) mass is 311 g/mol. The van der Waals surface area contributed by atoms with Crippen molar-refractivity contribution >= 4 is 15.9 Å². The van der Waals surface area contributed by atoms with E-state index in [-0.39, 0.29) is 0 Å². The molecule has 1 N–H and O–H groups in total. The van der Waals surface area contributed by atoms with E-state index in [9.17, 15) is 0 Å². The lowest BCUT2D eigenvalue weighted by Gasteiger charge is -2.21. The summed E-state index contributed by atoms with van der Waals surface area (Å²) in [5.41, 5.74) is 2.75. The molecular weight excluding hydrogens is 290 g/mol. The number of aryl methyl sites for hydroxylation is 1. The molecule has 1 heterocycles. The van der Waals surface area contributed by atoms with Gasteiger partial charge >= 0.3 is 0 Å². The topological polar surface area (TPSA) is 21.3 Å². The Labute approximate surface area is 118 Å². The zero-order valence-corrected chi connectivity index (χ0v) is 12.8.